The van der Waals surface area contributed by atoms with Gasteiger partial charge >= 0.3 is 0 Å². The first-order valence-electron chi connectivity index (χ1n) is 6.31. The predicted octanol–water partition coefficient (Wildman–Crippen LogP) is 1.57. The summed E-state index contributed by atoms with van der Waals surface area (Å²) >= 11 is 0. The second-order valence-electron chi connectivity index (χ2n) is 5.23. The van der Waals surface area contributed by atoms with Gasteiger partial charge < -0.3 is 10.2 Å². The molecule has 2 fully saturated rings. The smallest absolute Gasteiger partial charge is 0.254 e. The summed E-state index contributed by atoms with van der Waals surface area (Å²) < 4.78 is 0. The molecule has 3 rings (SSSR count). The predicted molar refractivity (Wildman–Crippen MR) is 67.1 cm³/mol. The van der Waals surface area contributed by atoms with Gasteiger partial charge in [-0.25, -0.2) is 0 Å². The standard InChI is InChI=1S/C14H18N2O/c1-11-3-2-4-12(9-11)13(17)16-8-7-15-10-14(16)5-6-14/h2-4,9,15H,5-8,10H2,1H3. The molecule has 0 bridgehead atoms. The molecule has 17 heavy (non-hydrogen) atoms. The van der Waals surface area contributed by atoms with Crippen LogP contribution >= 0.6 is 0 Å². The number of amides is 1. The molecule has 1 N–H and O–H groups in total. The molecule has 3 nitrogen and oxygen atoms in total. The van der Waals surface area contributed by atoms with Crippen LogP contribution < -0.4 is 5.32 Å². The summed E-state index contributed by atoms with van der Waals surface area (Å²) in [6.45, 7) is 4.75. The number of nitrogens with one attached hydrogen (secondary N) is 1. The Morgan fingerprint density at radius 2 is 2.24 bits per heavy atom. The van der Waals surface area contributed by atoms with Crippen molar-refractivity contribution in [2.24, 2.45) is 0 Å². The summed E-state index contributed by atoms with van der Waals surface area (Å²) in [6, 6.07) is 7.90. The van der Waals surface area contributed by atoms with E-state index < -0.39 is 0 Å². The highest BCUT2D eigenvalue weighted by atomic mass is 16.2. The Labute approximate surface area is 102 Å². The Hall–Kier alpha value is -1.35. The van der Waals surface area contributed by atoms with Gasteiger partial charge in [-0.2, -0.15) is 0 Å². The molecule has 1 aliphatic heterocycles. The maximum absolute atomic E-state index is 12.5. The SMILES string of the molecule is Cc1cccc(C(=O)N2CCNCC23CC3)c1. The molecular weight excluding hydrogens is 212 g/mol. The number of carbonyl (C=O) groups is 1. The molecule has 1 amide bonds. The number of hydrogen-bond acceptors (Lipinski definition) is 2. The first-order chi connectivity index (χ1) is 8.21. The largest absolute Gasteiger partial charge is 0.330 e. The van der Waals surface area contributed by atoms with E-state index in [1.54, 1.807) is 0 Å². The third kappa shape index (κ3) is 1.84. The van der Waals surface area contributed by atoms with Crippen molar-refractivity contribution < 1.29 is 4.79 Å². The zero-order valence-corrected chi connectivity index (χ0v) is 10.2. The van der Waals surface area contributed by atoms with E-state index in [4.69, 9.17) is 0 Å². The maximum atomic E-state index is 12.5. The second kappa shape index (κ2) is 3.84. The molecular formula is C14H18N2O. The van der Waals surface area contributed by atoms with Gasteiger partial charge in [0.25, 0.3) is 5.91 Å². The third-order valence-electron chi connectivity index (χ3n) is 3.88. The highest BCUT2D eigenvalue weighted by Gasteiger charge is 2.51. The van der Waals surface area contributed by atoms with E-state index in [2.05, 4.69) is 10.2 Å². The zero-order valence-electron chi connectivity index (χ0n) is 10.2. The summed E-state index contributed by atoms with van der Waals surface area (Å²) in [5.74, 6) is 0.202. The Morgan fingerprint density at radius 3 is 2.94 bits per heavy atom. The van der Waals surface area contributed by atoms with Crippen LogP contribution in [-0.2, 0) is 0 Å². The van der Waals surface area contributed by atoms with Crippen molar-refractivity contribution in [1.29, 1.82) is 0 Å². The Bertz CT molecular complexity index is 451. The summed E-state index contributed by atoms with van der Waals surface area (Å²) in [7, 11) is 0. The molecule has 3 heteroatoms. The van der Waals surface area contributed by atoms with Crippen molar-refractivity contribution in [1.82, 2.24) is 10.2 Å². The molecule has 0 aromatic heterocycles. The zero-order chi connectivity index (χ0) is 11.9. The number of hydrogen-bond donors (Lipinski definition) is 1. The Morgan fingerprint density at radius 1 is 1.41 bits per heavy atom. The quantitative estimate of drug-likeness (QED) is 0.794. The first kappa shape index (κ1) is 10.8. The van der Waals surface area contributed by atoms with Gasteiger partial charge in [0.1, 0.15) is 0 Å². The van der Waals surface area contributed by atoms with Gasteiger partial charge in [-0.3, -0.25) is 4.79 Å². The molecule has 0 atom stereocenters. The fourth-order valence-corrected chi connectivity index (χ4v) is 2.69. The molecule has 1 heterocycles. The topological polar surface area (TPSA) is 32.3 Å². The average molecular weight is 230 g/mol. The number of carbonyl (C=O) groups excluding carboxylic acids is 1. The van der Waals surface area contributed by atoms with Crippen molar-refractivity contribution in [3.63, 3.8) is 0 Å². The minimum atomic E-state index is 0.138. The Kier molecular flexibility index (Phi) is 2.44. The normalized spacial score (nSPS) is 21.6. The highest BCUT2D eigenvalue weighted by Crippen LogP contribution is 2.42. The summed E-state index contributed by atoms with van der Waals surface area (Å²) in [6.07, 6.45) is 2.30. The van der Waals surface area contributed by atoms with Crippen molar-refractivity contribution in [3.05, 3.63) is 35.4 Å². The van der Waals surface area contributed by atoms with Crippen LogP contribution in [0.25, 0.3) is 0 Å². The minimum Gasteiger partial charge on any atom is -0.330 e. The van der Waals surface area contributed by atoms with E-state index in [-0.39, 0.29) is 11.4 Å². The molecule has 90 valence electrons. The molecule has 2 aliphatic rings. The molecule has 0 radical (unpaired) electrons. The second-order valence-corrected chi connectivity index (χ2v) is 5.23. The number of aryl methyl sites for hydroxylation is 1. The highest BCUT2D eigenvalue weighted by molar-refractivity contribution is 5.95. The lowest BCUT2D eigenvalue weighted by atomic mass is 10.1. The van der Waals surface area contributed by atoms with Crippen molar-refractivity contribution in [2.45, 2.75) is 25.3 Å². The van der Waals surface area contributed by atoms with Gasteiger partial charge in [0.2, 0.25) is 0 Å². The summed E-state index contributed by atoms with van der Waals surface area (Å²) in [5.41, 5.74) is 2.12. The molecule has 0 unspecified atom stereocenters. The maximum Gasteiger partial charge on any atom is 0.254 e. The molecule has 1 aromatic rings. The molecule has 1 spiro atoms. The van der Waals surface area contributed by atoms with Crippen LogP contribution in [0, 0.1) is 6.92 Å². The van der Waals surface area contributed by atoms with Crippen LogP contribution in [0.2, 0.25) is 0 Å². The Balaban J connectivity index is 1.86. The summed E-state index contributed by atoms with van der Waals surface area (Å²) in [4.78, 5) is 14.6. The van der Waals surface area contributed by atoms with E-state index >= 15 is 0 Å². The van der Waals surface area contributed by atoms with Crippen LogP contribution in [0.5, 0.6) is 0 Å². The van der Waals surface area contributed by atoms with Crippen LogP contribution in [0.15, 0.2) is 24.3 Å². The molecule has 1 saturated carbocycles. The van der Waals surface area contributed by atoms with E-state index in [0.717, 1.165) is 43.6 Å². The number of benzene rings is 1. The third-order valence-corrected chi connectivity index (χ3v) is 3.88. The van der Waals surface area contributed by atoms with Gasteiger partial charge in [0.05, 0.1) is 5.54 Å². The van der Waals surface area contributed by atoms with Crippen LogP contribution in [-0.4, -0.2) is 36.0 Å². The monoisotopic (exact) mass is 230 g/mol. The van der Waals surface area contributed by atoms with Crippen LogP contribution in [0.4, 0.5) is 0 Å². The van der Waals surface area contributed by atoms with Gasteiger partial charge in [0.15, 0.2) is 0 Å². The van der Waals surface area contributed by atoms with E-state index in [9.17, 15) is 4.79 Å². The lowest BCUT2D eigenvalue weighted by Crippen LogP contribution is -2.55. The minimum absolute atomic E-state index is 0.138. The fraction of sp³-hybridized carbons (Fsp3) is 0.500. The number of nitrogens with zero attached hydrogens (tertiary/aromatic N) is 1. The van der Waals surface area contributed by atoms with Gasteiger partial charge in [-0.1, -0.05) is 17.7 Å². The summed E-state index contributed by atoms with van der Waals surface area (Å²) in [5, 5.41) is 3.39. The van der Waals surface area contributed by atoms with Gasteiger partial charge in [-0.15, -0.1) is 0 Å². The van der Waals surface area contributed by atoms with E-state index in [1.807, 2.05) is 31.2 Å². The van der Waals surface area contributed by atoms with E-state index in [1.165, 1.54) is 0 Å². The van der Waals surface area contributed by atoms with Crippen molar-refractivity contribution >= 4 is 5.91 Å². The van der Waals surface area contributed by atoms with Crippen molar-refractivity contribution in [2.75, 3.05) is 19.6 Å². The van der Waals surface area contributed by atoms with Crippen molar-refractivity contribution in [3.8, 4) is 0 Å². The van der Waals surface area contributed by atoms with Crippen LogP contribution in [0.1, 0.15) is 28.8 Å². The van der Waals surface area contributed by atoms with E-state index in [0.29, 0.717) is 0 Å². The number of piperazine rings is 1. The molecule has 1 aliphatic carbocycles. The molecule has 1 saturated heterocycles. The van der Waals surface area contributed by atoms with Crippen LogP contribution in [0.3, 0.4) is 0 Å². The van der Waals surface area contributed by atoms with Gasteiger partial charge in [0, 0.05) is 25.2 Å². The average Bonchev–Trinajstić information content (AvgIpc) is 3.09. The number of rotatable bonds is 1. The fourth-order valence-electron chi connectivity index (χ4n) is 2.69. The van der Waals surface area contributed by atoms with Gasteiger partial charge in [-0.05, 0) is 31.9 Å². The lowest BCUT2D eigenvalue weighted by molar-refractivity contribution is 0.0600. The first-order valence-corrected chi connectivity index (χ1v) is 6.31. The lowest BCUT2D eigenvalue weighted by Gasteiger charge is -2.37. The molecule has 1 aromatic carbocycles.